The van der Waals surface area contributed by atoms with E-state index in [9.17, 15) is 14.4 Å². The molecule has 1 aromatic heterocycles. The number of fused-ring (bicyclic) bond motifs is 1. The number of aromatic nitrogens is 2. The van der Waals surface area contributed by atoms with Crippen molar-refractivity contribution in [3.63, 3.8) is 0 Å². The zero-order valence-corrected chi connectivity index (χ0v) is 15.6. The molecule has 7 nitrogen and oxygen atoms in total. The summed E-state index contributed by atoms with van der Waals surface area (Å²) in [6.07, 6.45) is 0. The molecule has 0 saturated carbocycles. The van der Waals surface area contributed by atoms with Crippen LogP contribution in [0.2, 0.25) is 0 Å². The Balaban J connectivity index is 1.65. The third-order valence-corrected chi connectivity index (χ3v) is 5.03. The maximum Gasteiger partial charge on any atom is 0.290 e. The van der Waals surface area contributed by atoms with E-state index in [-0.39, 0.29) is 17.2 Å². The van der Waals surface area contributed by atoms with Crippen LogP contribution in [0.1, 0.15) is 23.0 Å². The summed E-state index contributed by atoms with van der Waals surface area (Å²) in [6, 6.07) is 14.5. The number of H-pyrrole nitrogens is 1. The smallest absolute Gasteiger partial charge is 0.272 e. The predicted molar refractivity (Wildman–Crippen MR) is 104 cm³/mol. The van der Waals surface area contributed by atoms with Crippen LogP contribution in [-0.2, 0) is 4.79 Å². The molecule has 2 aromatic carbocycles. The van der Waals surface area contributed by atoms with Crippen LogP contribution in [0.15, 0.2) is 58.2 Å². The first-order valence-corrected chi connectivity index (χ1v) is 9.14. The molecule has 3 N–H and O–H groups in total. The number of hydrogen-bond acceptors (Lipinski definition) is 5. The second-order valence-electron chi connectivity index (χ2n) is 5.96. The van der Waals surface area contributed by atoms with Gasteiger partial charge in [-0.05, 0) is 32.0 Å². The summed E-state index contributed by atoms with van der Waals surface area (Å²) in [5.74, 6) is -0.953. The minimum atomic E-state index is -0.608. The van der Waals surface area contributed by atoms with E-state index in [4.69, 9.17) is 0 Å². The van der Waals surface area contributed by atoms with Crippen molar-refractivity contribution >= 4 is 34.3 Å². The molecule has 8 heteroatoms. The van der Waals surface area contributed by atoms with Crippen LogP contribution in [0, 0.1) is 6.92 Å². The predicted octanol–water partition coefficient (Wildman–Crippen LogP) is 2.17. The molecule has 0 aliphatic rings. The third-order valence-electron chi connectivity index (χ3n) is 3.91. The Kier molecular flexibility index (Phi) is 5.56. The number of carbonyl (C=O) groups excluding carboxylic acids is 2. The fourth-order valence-corrected chi connectivity index (χ4v) is 3.31. The van der Waals surface area contributed by atoms with Crippen molar-refractivity contribution in [3.05, 3.63) is 70.1 Å². The van der Waals surface area contributed by atoms with Crippen molar-refractivity contribution in [2.75, 3.05) is 0 Å². The van der Waals surface area contributed by atoms with Gasteiger partial charge in [-0.1, -0.05) is 35.9 Å². The third kappa shape index (κ3) is 4.35. The van der Waals surface area contributed by atoms with Gasteiger partial charge in [-0.3, -0.25) is 25.2 Å². The van der Waals surface area contributed by atoms with Gasteiger partial charge in [0.15, 0.2) is 5.69 Å². The molecular weight excluding hydrogens is 364 g/mol. The Morgan fingerprint density at radius 1 is 1.04 bits per heavy atom. The molecular formula is C19H18N4O3S. The summed E-state index contributed by atoms with van der Waals surface area (Å²) in [7, 11) is 0. The van der Waals surface area contributed by atoms with Crippen LogP contribution in [0.4, 0.5) is 0 Å². The van der Waals surface area contributed by atoms with Crippen molar-refractivity contribution in [2.45, 2.75) is 24.0 Å². The largest absolute Gasteiger partial charge is 0.290 e. The first-order valence-electron chi connectivity index (χ1n) is 8.26. The van der Waals surface area contributed by atoms with Crippen LogP contribution in [0.3, 0.4) is 0 Å². The average molecular weight is 382 g/mol. The molecule has 0 spiro atoms. The number of hydrazine groups is 1. The van der Waals surface area contributed by atoms with E-state index in [1.807, 2.05) is 31.2 Å². The molecule has 2 amide bonds. The lowest BCUT2D eigenvalue weighted by Gasteiger charge is -2.13. The Morgan fingerprint density at radius 2 is 1.70 bits per heavy atom. The monoisotopic (exact) mass is 382 g/mol. The number of aromatic amines is 1. The highest BCUT2D eigenvalue weighted by atomic mass is 32.2. The standard InChI is InChI=1S/C19H18N4O3S/c1-11-7-9-13(10-8-11)27-12(2)17(24)21-23-19(26)16-14-5-3-4-6-15(14)18(25)22-20-16/h3-10,12H,1-2H3,(H,21,24)(H,22,25)(H,23,26)/t12-/m1/s1. The molecule has 3 aromatic rings. The Morgan fingerprint density at radius 3 is 2.41 bits per heavy atom. The van der Waals surface area contributed by atoms with Gasteiger partial charge in [0, 0.05) is 10.3 Å². The lowest BCUT2D eigenvalue weighted by Crippen LogP contribution is -2.45. The zero-order valence-electron chi connectivity index (χ0n) is 14.8. The normalized spacial score (nSPS) is 11.8. The number of amides is 2. The number of benzene rings is 2. The van der Waals surface area contributed by atoms with Crippen LogP contribution in [-0.4, -0.2) is 27.3 Å². The van der Waals surface area contributed by atoms with Crippen molar-refractivity contribution in [2.24, 2.45) is 0 Å². The first kappa shape index (κ1) is 18.7. The van der Waals surface area contributed by atoms with Gasteiger partial charge in [-0.2, -0.15) is 5.10 Å². The van der Waals surface area contributed by atoms with Crippen molar-refractivity contribution in [1.29, 1.82) is 0 Å². The molecule has 0 saturated heterocycles. The molecule has 1 heterocycles. The lowest BCUT2D eigenvalue weighted by atomic mass is 10.1. The van der Waals surface area contributed by atoms with E-state index >= 15 is 0 Å². The summed E-state index contributed by atoms with van der Waals surface area (Å²) < 4.78 is 0. The molecule has 0 unspecified atom stereocenters. The summed E-state index contributed by atoms with van der Waals surface area (Å²) in [6.45, 7) is 3.74. The molecule has 0 aliphatic carbocycles. The average Bonchev–Trinajstić information content (AvgIpc) is 2.68. The van der Waals surface area contributed by atoms with Crippen LogP contribution in [0.25, 0.3) is 10.8 Å². The second kappa shape index (κ2) is 8.05. The van der Waals surface area contributed by atoms with Crippen LogP contribution in [0.5, 0.6) is 0 Å². The number of thioether (sulfide) groups is 1. The summed E-state index contributed by atoms with van der Waals surface area (Å²) in [5, 5.41) is 6.44. The van der Waals surface area contributed by atoms with Crippen LogP contribution < -0.4 is 16.4 Å². The topological polar surface area (TPSA) is 104 Å². The quantitative estimate of drug-likeness (QED) is 0.474. The molecule has 138 valence electrons. The van der Waals surface area contributed by atoms with E-state index in [0.29, 0.717) is 10.8 Å². The highest BCUT2D eigenvalue weighted by Crippen LogP contribution is 2.23. The second-order valence-corrected chi connectivity index (χ2v) is 7.38. The zero-order chi connectivity index (χ0) is 19.4. The fraction of sp³-hybridized carbons (Fsp3) is 0.158. The molecule has 27 heavy (non-hydrogen) atoms. The van der Waals surface area contributed by atoms with Crippen molar-refractivity contribution < 1.29 is 9.59 Å². The minimum absolute atomic E-state index is 0.0318. The number of nitrogens with zero attached hydrogens (tertiary/aromatic N) is 1. The molecule has 3 rings (SSSR count). The number of rotatable bonds is 4. The van der Waals surface area contributed by atoms with E-state index < -0.39 is 11.2 Å². The SMILES string of the molecule is Cc1ccc(S[C@H](C)C(=O)NNC(=O)c2n[nH]c(=O)c3ccccc23)cc1. The number of nitrogens with one attached hydrogen (secondary N) is 3. The Bertz CT molecular complexity index is 1050. The van der Waals surface area contributed by atoms with Gasteiger partial charge in [-0.25, -0.2) is 5.10 Å². The Labute approximate surface area is 159 Å². The number of aryl methyl sites for hydroxylation is 1. The molecule has 0 radical (unpaired) electrons. The maximum atomic E-state index is 12.4. The number of carbonyl (C=O) groups is 2. The maximum absolute atomic E-state index is 12.4. The van der Waals surface area contributed by atoms with E-state index in [2.05, 4.69) is 21.0 Å². The van der Waals surface area contributed by atoms with Gasteiger partial charge in [-0.15, -0.1) is 11.8 Å². The van der Waals surface area contributed by atoms with Gasteiger partial charge < -0.3 is 0 Å². The Hall–Kier alpha value is -3.13. The van der Waals surface area contributed by atoms with Gasteiger partial charge in [0.25, 0.3) is 17.4 Å². The summed E-state index contributed by atoms with van der Waals surface area (Å²) in [5.41, 5.74) is 5.54. The summed E-state index contributed by atoms with van der Waals surface area (Å²) >= 11 is 1.39. The highest BCUT2D eigenvalue weighted by molar-refractivity contribution is 8.00. The van der Waals surface area contributed by atoms with E-state index in [1.165, 1.54) is 11.8 Å². The minimum Gasteiger partial charge on any atom is -0.272 e. The molecule has 0 fully saturated rings. The number of hydrogen-bond donors (Lipinski definition) is 3. The van der Waals surface area contributed by atoms with Gasteiger partial charge in [0.2, 0.25) is 0 Å². The fourth-order valence-electron chi connectivity index (χ4n) is 2.44. The van der Waals surface area contributed by atoms with E-state index in [1.54, 1.807) is 31.2 Å². The lowest BCUT2D eigenvalue weighted by molar-refractivity contribution is -0.121. The van der Waals surface area contributed by atoms with Crippen LogP contribution >= 0.6 is 11.8 Å². The first-order chi connectivity index (χ1) is 13.0. The highest BCUT2D eigenvalue weighted by Gasteiger charge is 2.18. The van der Waals surface area contributed by atoms with Gasteiger partial charge >= 0.3 is 0 Å². The van der Waals surface area contributed by atoms with Gasteiger partial charge in [0.05, 0.1) is 10.6 Å². The van der Waals surface area contributed by atoms with Crippen molar-refractivity contribution in [1.82, 2.24) is 21.0 Å². The molecule has 0 aliphatic heterocycles. The molecule has 0 bridgehead atoms. The summed E-state index contributed by atoms with van der Waals surface area (Å²) in [4.78, 5) is 37.4. The van der Waals surface area contributed by atoms with Crippen molar-refractivity contribution in [3.8, 4) is 0 Å². The van der Waals surface area contributed by atoms with Gasteiger partial charge in [0.1, 0.15) is 0 Å². The van der Waals surface area contributed by atoms with E-state index in [0.717, 1.165) is 10.5 Å². The molecule has 1 atom stereocenters.